The topological polar surface area (TPSA) is 71.1 Å². The van der Waals surface area contributed by atoms with Gasteiger partial charge in [0.25, 0.3) is 0 Å². The van der Waals surface area contributed by atoms with Crippen molar-refractivity contribution in [1.29, 1.82) is 0 Å². The Hall–Kier alpha value is -2.69. The number of nitrogens with zero attached hydrogens (tertiary/aromatic N) is 1. The molecule has 0 unspecified atom stereocenters. The first kappa shape index (κ1) is 15.7. The number of pyridine rings is 1. The van der Waals surface area contributed by atoms with Gasteiger partial charge in [0.2, 0.25) is 11.8 Å². The summed E-state index contributed by atoms with van der Waals surface area (Å²) in [4.78, 5) is 27.7. The molecule has 0 radical (unpaired) electrons. The van der Waals surface area contributed by atoms with Crippen LogP contribution in [0.3, 0.4) is 0 Å². The second kappa shape index (κ2) is 7.93. The Bertz CT molecular complexity index is 641. The van der Waals surface area contributed by atoms with Crippen LogP contribution in [0.5, 0.6) is 0 Å². The number of carbonyl (C=O) groups excluding carboxylic acids is 2. The normalized spacial score (nSPS) is 10.0. The molecule has 0 aliphatic rings. The molecule has 0 bridgehead atoms. The second-order valence-corrected chi connectivity index (χ2v) is 4.97. The molecule has 0 saturated heterocycles. The smallest absolute Gasteiger partial charge is 0.227 e. The van der Waals surface area contributed by atoms with Crippen molar-refractivity contribution in [3.63, 3.8) is 0 Å². The van der Waals surface area contributed by atoms with E-state index in [0.717, 1.165) is 11.3 Å². The maximum Gasteiger partial charge on any atom is 0.227 e. The van der Waals surface area contributed by atoms with Crippen molar-refractivity contribution in [2.75, 3.05) is 11.9 Å². The molecule has 0 aliphatic heterocycles. The highest BCUT2D eigenvalue weighted by Gasteiger charge is 2.06. The van der Waals surface area contributed by atoms with E-state index < -0.39 is 0 Å². The van der Waals surface area contributed by atoms with Crippen molar-refractivity contribution >= 4 is 17.6 Å². The van der Waals surface area contributed by atoms with E-state index in [1.54, 1.807) is 6.07 Å². The first-order valence-electron chi connectivity index (χ1n) is 7.17. The number of benzene rings is 1. The molecule has 0 atom stereocenters. The van der Waals surface area contributed by atoms with Gasteiger partial charge in [0.1, 0.15) is 5.82 Å². The summed E-state index contributed by atoms with van der Waals surface area (Å²) >= 11 is 0. The Kier molecular flexibility index (Phi) is 5.65. The van der Waals surface area contributed by atoms with Gasteiger partial charge in [-0.3, -0.25) is 9.59 Å². The standard InChI is InChI=1S/C17H19N3O2/c1-13-6-5-9-15(19-13)20-16(21)10-11-18-17(22)12-14-7-3-2-4-8-14/h2-9H,10-12H2,1H3,(H,18,22)(H,19,20,21). The van der Waals surface area contributed by atoms with Crippen molar-refractivity contribution in [3.05, 3.63) is 59.8 Å². The van der Waals surface area contributed by atoms with Gasteiger partial charge in [-0.2, -0.15) is 0 Å². The van der Waals surface area contributed by atoms with Crippen molar-refractivity contribution in [3.8, 4) is 0 Å². The summed E-state index contributed by atoms with van der Waals surface area (Å²) in [5, 5.41) is 5.44. The average Bonchev–Trinajstić information content (AvgIpc) is 2.48. The minimum absolute atomic E-state index is 0.0901. The predicted octanol–water partition coefficient (Wildman–Crippen LogP) is 2.08. The number of aryl methyl sites for hydroxylation is 1. The molecule has 2 amide bonds. The van der Waals surface area contributed by atoms with Crippen LogP contribution in [0.4, 0.5) is 5.82 Å². The molecule has 0 saturated carbocycles. The van der Waals surface area contributed by atoms with Crippen LogP contribution in [0.1, 0.15) is 17.7 Å². The summed E-state index contributed by atoms with van der Waals surface area (Å²) in [5.41, 5.74) is 1.79. The molecule has 0 fully saturated rings. The van der Waals surface area contributed by atoms with Crippen LogP contribution < -0.4 is 10.6 Å². The van der Waals surface area contributed by atoms with E-state index in [4.69, 9.17) is 0 Å². The Morgan fingerprint density at radius 1 is 1.00 bits per heavy atom. The molecular formula is C17H19N3O2. The van der Waals surface area contributed by atoms with Gasteiger partial charge in [0, 0.05) is 18.7 Å². The first-order valence-corrected chi connectivity index (χ1v) is 7.17. The third-order valence-corrected chi connectivity index (χ3v) is 3.04. The van der Waals surface area contributed by atoms with E-state index in [1.165, 1.54) is 0 Å². The zero-order chi connectivity index (χ0) is 15.8. The van der Waals surface area contributed by atoms with Crippen LogP contribution >= 0.6 is 0 Å². The molecule has 1 aromatic heterocycles. The zero-order valence-electron chi connectivity index (χ0n) is 12.5. The minimum atomic E-state index is -0.168. The number of aromatic nitrogens is 1. The summed E-state index contributed by atoms with van der Waals surface area (Å²) < 4.78 is 0. The Morgan fingerprint density at radius 3 is 2.50 bits per heavy atom. The lowest BCUT2D eigenvalue weighted by Crippen LogP contribution is -2.29. The monoisotopic (exact) mass is 297 g/mol. The van der Waals surface area contributed by atoms with Crippen molar-refractivity contribution in [2.45, 2.75) is 19.8 Å². The van der Waals surface area contributed by atoms with Crippen molar-refractivity contribution in [2.24, 2.45) is 0 Å². The summed E-state index contributed by atoms with van der Waals surface area (Å²) in [7, 11) is 0. The fourth-order valence-electron chi connectivity index (χ4n) is 1.98. The number of nitrogens with one attached hydrogen (secondary N) is 2. The van der Waals surface area contributed by atoms with Gasteiger partial charge in [0.05, 0.1) is 6.42 Å². The van der Waals surface area contributed by atoms with Gasteiger partial charge in [-0.25, -0.2) is 4.98 Å². The van der Waals surface area contributed by atoms with Gasteiger partial charge in [-0.1, -0.05) is 36.4 Å². The van der Waals surface area contributed by atoms with Crippen molar-refractivity contribution < 1.29 is 9.59 Å². The van der Waals surface area contributed by atoms with Gasteiger partial charge in [-0.05, 0) is 24.6 Å². The van der Waals surface area contributed by atoms with Crippen LogP contribution in [-0.2, 0) is 16.0 Å². The number of hydrogen-bond donors (Lipinski definition) is 2. The number of amides is 2. The van der Waals surface area contributed by atoms with E-state index in [2.05, 4.69) is 15.6 Å². The number of hydrogen-bond acceptors (Lipinski definition) is 3. The highest BCUT2D eigenvalue weighted by Crippen LogP contribution is 2.04. The number of carbonyl (C=O) groups is 2. The Labute approximate surface area is 129 Å². The quantitative estimate of drug-likeness (QED) is 0.857. The molecule has 2 rings (SSSR count). The highest BCUT2D eigenvalue weighted by atomic mass is 16.2. The molecule has 0 aliphatic carbocycles. The summed E-state index contributed by atoms with van der Waals surface area (Å²) in [6.07, 6.45) is 0.540. The molecule has 5 nitrogen and oxygen atoms in total. The van der Waals surface area contributed by atoms with E-state index >= 15 is 0 Å². The minimum Gasteiger partial charge on any atom is -0.355 e. The molecule has 2 aromatic rings. The summed E-state index contributed by atoms with van der Waals surface area (Å²) in [5.74, 6) is 0.270. The maximum atomic E-state index is 11.8. The lowest BCUT2D eigenvalue weighted by atomic mass is 10.1. The average molecular weight is 297 g/mol. The number of rotatable bonds is 6. The largest absolute Gasteiger partial charge is 0.355 e. The van der Waals surface area contributed by atoms with Gasteiger partial charge in [-0.15, -0.1) is 0 Å². The van der Waals surface area contributed by atoms with Gasteiger partial charge in [0.15, 0.2) is 0 Å². The maximum absolute atomic E-state index is 11.8. The van der Waals surface area contributed by atoms with E-state index in [9.17, 15) is 9.59 Å². The third-order valence-electron chi connectivity index (χ3n) is 3.04. The first-order chi connectivity index (χ1) is 10.6. The van der Waals surface area contributed by atoms with Crippen LogP contribution in [-0.4, -0.2) is 23.3 Å². The Balaban J connectivity index is 1.69. The second-order valence-electron chi connectivity index (χ2n) is 4.97. The molecule has 2 N–H and O–H groups in total. The molecule has 5 heteroatoms. The lowest BCUT2D eigenvalue weighted by Gasteiger charge is -2.07. The van der Waals surface area contributed by atoms with Crippen LogP contribution in [0.15, 0.2) is 48.5 Å². The lowest BCUT2D eigenvalue weighted by molar-refractivity contribution is -0.120. The number of anilines is 1. The summed E-state index contributed by atoms with van der Waals surface area (Å²) in [6, 6.07) is 14.9. The fourth-order valence-corrected chi connectivity index (χ4v) is 1.98. The van der Waals surface area contributed by atoms with E-state index in [1.807, 2.05) is 49.4 Å². The predicted molar refractivity (Wildman–Crippen MR) is 85.4 cm³/mol. The fraction of sp³-hybridized carbons (Fsp3) is 0.235. The molecule has 114 valence electrons. The highest BCUT2D eigenvalue weighted by molar-refractivity contribution is 5.90. The SMILES string of the molecule is Cc1cccc(NC(=O)CCNC(=O)Cc2ccccc2)n1. The Morgan fingerprint density at radius 2 is 1.77 bits per heavy atom. The molecule has 1 aromatic carbocycles. The zero-order valence-corrected chi connectivity index (χ0v) is 12.5. The molecular weight excluding hydrogens is 278 g/mol. The van der Waals surface area contributed by atoms with Crippen LogP contribution in [0, 0.1) is 6.92 Å². The van der Waals surface area contributed by atoms with Crippen LogP contribution in [0.25, 0.3) is 0 Å². The van der Waals surface area contributed by atoms with E-state index in [-0.39, 0.29) is 18.2 Å². The van der Waals surface area contributed by atoms with Crippen LogP contribution in [0.2, 0.25) is 0 Å². The van der Waals surface area contributed by atoms with Gasteiger partial charge >= 0.3 is 0 Å². The van der Waals surface area contributed by atoms with Gasteiger partial charge < -0.3 is 10.6 Å². The molecule has 1 heterocycles. The third kappa shape index (κ3) is 5.36. The van der Waals surface area contributed by atoms with E-state index in [0.29, 0.717) is 18.8 Å². The summed E-state index contributed by atoms with van der Waals surface area (Å²) in [6.45, 7) is 2.17. The molecule has 0 spiro atoms. The molecule has 22 heavy (non-hydrogen) atoms. The van der Waals surface area contributed by atoms with Crippen molar-refractivity contribution in [1.82, 2.24) is 10.3 Å².